The van der Waals surface area contributed by atoms with E-state index >= 15 is 0 Å². The molecule has 0 amide bonds. The number of hydrogen-bond acceptors (Lipinski definition) is 3. The lowest BCUT2D eigenvalue weighted by Gasteiger charge is -2.00. The second kappa shape index (κ2) is 6.80. The van der Waals surface area contributed by atoms with Crippen LogP contribution in [0.3, 0.4) is 0 Å². The van der Waals surface area contributed by atoms with Gasteiger partial charge in [-0.3, -0.25) is 10.8 Å². The van der Waals surface area contributed by atoms with Crippen LogP contribution in [-0.4, -0.2) is 17.9 Å². The molecule has 92 valence electrons. The summed E-state index contributed by atoms with van der Waals surface area (Å²) in [6.07, 6.45) is 6.20. The van der Waals surface area contributed by atoms with E-state index in [0.717, 1.165) is 11.8 Å². The highest BCUT2D eigenvalue weighted by Gasteiger charge is 1.96. The zero-order valence-corrected chi connectivity index (χ0v) is 9.77. The zero-order valence-electron chi connectivity index (χ0n) is 9.77. The van der Waals surface area contributed by atoms with Crippen LogP contribution >= 0.6 is 0 Å². The molecule has 0 radical (unpaired) electrons. The van der Waals surface area contributed by atoms with Gasteiger partial charge in [0, 0.05) is 18.0 Å². The average molecular weight is 241 g/mol. The number of benzene rings is 1. The molecule has 1 aromatic rings. The lowest BCUT2D eigenvalue weighted by molar-refractivity contribution is 1.23. The van der Waals surface area contributed by atoms with Gasteiger partial charge in [0.1, 0.15) is 0 Å². The van der Waals surface area contributed by atoms with Crippen molar-refractivity contribution in [3.63, 3.8) is 0 Å². The van der Waals surface area contributed by atoms with Gasteiger partial charge in [-0.05, 0) is 5.56 Å². The minimum Gasteiger partial charge on any atom is -0.381 e. The van der Waals surface area contributed by atoms with Crippen LogP contribution in [0.5, 0.6) is 0 Å². The molecule has 0 aliphatic heterocycles. The van der Waals surface area contributed by atoms with Crippen LogP contribution < -0.4 is 11.1 Å². The fraction of sp³-hybridized carbons (Fsp3) is 0. The maximum absolute atomic E-state index is 7.30. The van der Waals surface area contributed by atoms with Gasteiger partial charge in [0.25, 0.3) is 0 Å². The average Bonchev–Trinajstić information content (AvgIpc) is 2.39. The summed E-state index contributed by atoms with van der Waals surface area (Å²) in [4.78, 5) is 0. The minimum absolute atomic E-state index is 0.192. The van der Waals surface area contributed by atoms with Crippen molar-refractivity contribution in [2.75, 3.05) is 0 Å². The van der Waals surface area contributed by atoms with Crippen molar-refractivity contribution in [1.29, 1.82) is 16.2 Å². The fourth-order valence-electron chi connectivity index (χ4n) is 1.13. The molecule has 18 heavy (non-hydrogen) atoms. The van der Waals surface area contributed by atoms with Crippen LogP contribution in [0.25, 0.3) is 6.08 Å². The fourth-order valence-corrected chi connectivity index (χ4v) is 1.13. The first-order chi connectivity index (χ1) is 8.63. The molecule has 0 heterocycles. The minimum atomic E-state index is -0.345. The molecule has 6 N–H and O–H groups in total. The van der Waals surface area contributed by atoms with E-state index < -0.39 is 0 Å². The molecule has 5 nitrogen and oxygen atoms in total. The van der Waals surface area contributed by atoms with Gasteiger partial charge < -0.3 is 16.5 Å². The van der Waals surface area contributed by atoms with Crippen LogP contribution in [0.2, 0.25) is 0 Å². The van der Waals surface area contributed by atoms with E-state index in [0.29, 0.717) is 5.57 Å². The summed E-state index contributed by atoms with van der Waals surface area (Å²) in [6.45, 7) is 0. The van der Waals surface area contributed by atoms with Crippen LogP contribution in [-0.2, 0) is 0 Å². The molecular weight excluding hydrogens is 226 g/mol. The summed E-state index contributed by atoms with van der Waals surface area (Å²) < 4.78 is 0. The van der Waals surface area contributed by atoms with Gasteiger partial charge in [-0.2, -0.15) is 0 Å². The predicted molar refractivity (Wildman–Crippen MR) is 75.1 cm³/mol. The van der Waals surface area contributed by atoms with Gasteiger partial charge in [0.2, 0.25) is 0 Å². The third-order valence-corrected chi connectivity index (χ3v) is 2.09. The third-order valence-electron chi connectivity index (χ3n) is 2.09. The molecule has 0 unspecified atom stereocenters. The van der Waals surface area contributed by atoms with Crippen molar-refractivity contribution < 1.29 is 0 Å². The molecule has 0 aromatic heterocycles. The first-order valence-corrected chi connectivity index (χ1v) is 5.26. The highest BCUT2D eigenvalue weighted by molar-refractivity contribution is 6.37. The Bertz CT molecular complexity index is 499. The second-order valence-electron chi connectivity index (χ2n) is 3.47. The van der Waals surface area contributed by atoms with E-state index in [9.17, 15) is 0 Å². The molecule has 0 aliphatic carbocycles. The Kier molecular flexibility index (Phi) is 5.05. The quantitative estimate of drug-likeness (QED) is 0.314. The predicted octanol–water partition coefficient (Wildman–Crippen LogP) is 1.74. The van der Waals surface area contributed by atoms with Gasteiger partial charge in [-0.25, -0.2) is 0 Å². The molecular formula is C13H15N5. The van der Waals surface area contributed by atoms with Crippen molar-refractivity contribution in [3.8, 4) is 0 Å². The van der Waals surface area contributed by atoms with Gasteiger partial charge in [0.05, 0.1) is 0 Å². The topological polar surface area (TPSA) is 110 Å². The van der Waals surface area contributed by atoms with E-state index in [2.05, 4.69) is 5.32 Å². The summed E-state index contributed by atoms with van der Waals surface area (Å²) in [5, 5.41) is 24.1. The molecule has 0 saturated carbocycles. The van der Waals surface area contributed by atoms with Crippen molar-refractivity contribution in [3.05, 3.63) is 53.7 Å². The van der Waals surface area contributed by atoms with Crippen LogP contribution in [0.4, 0.5) is 0 Å². The van der Waals surface area contributed by atoms with Crippen molar-refractivity contribution >= 4 is 24.0 Å². The normalized spacial score (nSPS) is 11.2. The summed E-state index contributed by atoms with van der Waals surface area (Å²) in [5.74, 6) is -0.537. The smallest absolute Gasteiger partial charge is 0.164 e. The Balaban J connectivity index is 2.70. The number of nitrogens with two attached hydrogens (primary N) is 1. The molecule has 0 aliphatic rings. The Hall–Kier alpha value is -2.69. The van der Waals surface area contributed by atoms with Crippen LogP contribution in [0, 0.1) is 16.2 Å². The SMILES string of the molecule is N=CC(=C\NC(=N)C(=N)N)/C=C/c1ccccc1. The standard InChI is InChI=1S/C13H15N5/c14-8-11(9-18-13(17)12(15)16)7-6-10-4-2-1-3-5-10/h1-9,14H,(H3,15,16)(H2,17,18)/b7-6+,11-9-,14-8?. The van der Waals surface area contributed by atoms with Crippen LogP contribution in [0.1, 0.15) is 5.56 Å². The Morgan fingerprint density at radius 1 is 1.17 bits per heavy atom. The van der Waals surface area contributed by atoms with E-state index in [1.54, 1.807) is 6.08 Å². The monoisotopic (exact) mass is 241 g/mol. The number of amidine groups is 2. The summed E-state index contributed by atoms with van der Waals surface area (Å²) >= 11 is 0. The maximum atomic E-state index is 7.30. The Morgan fingerprint density at radius 2 is 1.83 bits per heavy atom. The molecule has 5 heteroatoms. The van der Waals surface area contributed by atoms with Gasteiger partial charge in [-0.1, -0.05) is 42.5 Å². The lowest BCUT2D eigenvalue weighted by atomic mass is 10.2. The summed E-state index contributed by atoms with van der Waals surface area (Å²) in [5.41, 5.74) is 6.71. The van der Waals surface area contributed by atoms with Crippen molar-refractivity contribution in [1.82, 2.24) is 5.32 Å². The van der Waals surface area contributed by atoms with E-state index in [-0.39, 0.29) is 11.7 Å². The molecule has 0 atom stereocenters. The third kappa shape index (κ3) is 4.44. The number of allylic oxidation sites excluding steroid dienone is 2. The maximum Gasteiger partial charge on any atom is 0.164 e. The zero-order chi connectivity index (χ0) is 13.4. The van der Waals surface area contributed by atoms with Crippen molar-refractivity contribution in [2.45, 2.75) is 0 Å². The first kappa shape index (κ1) is 13.4. The second-order valence-corrected chi connectivity index (χ2v) is 3.47. The van der Waals surface area contributed by atoms with Gasteiger partial charge in [0.15, 0.2) is 11.7 Å². The van der Waals surface area contributed by atoms with Gasteiger partial charge >= 0.3 is 0 Å². The van der Waals surface area contributed by atoms with Crippen LogP contribution in [0.15, 0.2) is 48.2 Å². The first-order valence-electron chi connectivity index (χ1n) is 5.26. The highest BCUT2D eigenvalue weighted by Crippen LogP contribution is 2.03. The molecule has 1 rings (SSSR count). The van der Waals surface area contributed by atoms with E-state index in [1.165, 1.54) is 6.20 Å². The Morgan fingerprint density at radius 3 is 2.39 bits per heavy atom. The molecule has 0 saturated heterocycles. The lowest BCUT2D eigenvalue weighted by Crippen LogP contribution is -2.31. The molecule has 0 bridgehead atoms. The summed E-state index contributed by atoms with van der Waals surface area (Å²) in [6, 6.07) is 9.68. The highest BCUT2D eigenvalue weighted by atomic mass is 15.0. The largest absolute Gasteiger partial charge is 0.381 e. The Labute approximate surface area is 106 Å². The molecule has 0 fully saturated rings. The number of nitrogens with one attached hydrogen (secondary N) is 4. The van der Waals surface area contributed by atoms with Gasteiger partial charge in [-0.15, -0.1) is 0 Å². The molecule has 1 aromatic carbocycles. The number of hydrogen-bond donors (Lipinski definition) is 5. The van der Waals surface area contributed by atoms with E-state index in [4.69, 9.17) is 22.0 Å². The molecule has 0 spiro atoms. The van der Waals surface area contributed by atoms with E-state index in [1.807, 2.05) is 36.4 Å². The summed E-state index contributed by atoms with van der Waals surface area (Å²) in [7, 11) is 0. The number of rotatable bonds is 4. The van der Waals surface area contributed by atoms with Crippen molar-refractivity contribution in [2.24, 2.45) is 5.73 Å².